The lowest BCUT2D eigenvalue weighted by molar-refractivity contribution is 0.178. The van der Waals surface area contributed by atoms with Crippen LogP contribution in [-0.4, -0.2) is 24.5 Å². The van der Waals surface area contributed by atoms with Crippen molar-refractivity contribution >= 4 is 0 Å². The topological polar surface area (TPSA) is 27.0 Å². The molecule has 0 aliphatic carbocycles. The Morgan fingerprint density at radius 2 is 2.10 bits per heavy atom. The van der Waals surface area contributed by atoms with E-state index in [0.29, 0.717) is 0 Å². The maximum Gasteiger partial charge on any atom is 0.0621 e. The summed E-state index contributed by atoms with van der Waals surface area (Å²) in [5, 5.41) is 8.24. The number of unbranched alkanes of at least 4 members (excludes halogenated alkanes) is 2. The maximum atomic E-state index is 8.24. The van der Waals surface area contributed by atoms with Crippen LogP contribution in [0.25, 0.3) is 0 Å². The molecule has 1 heterocycles. The van der Waals surface area contributed by atoms with Crippen molar-refractivity contribution < 1.29 is 0 Å². The third kappa shape index (κ3) is 2.36. The van der Waals surface area contributed by atoms with Crippen molar-refractivity contribution in [3.05, 3.63) is 0 Å². The van der Waals surface area contributed by atoms with Gasteiger partial charge in [0.1, 0.15) is 0 Å². The minimum atomic E-state index is 0.730. The first-order chi connectivity index (χ1) is 4.93. The summed E-state index contributed by atoms with van der Waals surface area (Å²) in [7, 11) is 0. The molecule has 56 valence electrons. The van der Waals surface area contributed by atoms with E-state index in [1.165, 1.54) is 32.5 Å². The van der Waals surface area contributed by atoms with Gasteiger partial charge in [-0.15, -0.1) is 0 Å². The van der Waals surface area contributed by atoms with Crippen molar-refractivity contribution in [2.75, 3.05) is 19.6 Å². The zero-order valence-corrected chi connectivity index (χ0v) is 6.34. The summed E-state index contributed by atoms with van der Waals surface area (Å²) in [5.41, 5.74) is 0. The SMILES string of the molecule is N#CCCCCN1CCC1. The third-order valence-electron chi connectivity index (χ3n) is 1.96. The molecule has 1 aliphatic heterocycles. The van der Waals surface area contributed by atoms with Crippen molar-refractivity contribution in [1.82, 2.24) is 4.90 Å². The van der Waals surface area contributed by atoms with Crippen molar-refractivity contribution in [3.63, 3.8) is 0 Å². The van der Waals surface area contributed by atoms with Gasteiger partial charge in [-0.3, -0.25) is 0 Å². The first kappa shape index (κ1) is 7.56. The fraction of sp³-hybridized carbons (Fsp3) is 0.875. The van der Waals surface area contributed by atoms with Crippen LogP contribution in [0.2, 0.25) is 0 Å². The molecule has 0 saturated carbocycles. The molecule has 0 amide bonds. The van der Waals surface area contributed by atoms with Gasteiger partial charge in [0.25, 0.3) is 0 Å². The Labute approximate surface area is 62.4 Å². The second kappa shape index (κ2) is 4.29. The van der Waals surface area contributed by atoms with E-state index in [0.717, 1.165) is 12.8 Å². The summed E-state index contributed by atoms with van der Waals surface area (Å²) in [6.45, 7) is 3.78. The average Bonchev–Trinajstić information content (AvgIpc) is 1.84. The minimum Gasteiger partial charge on any atom is -0.303 e. The van der Waals surface area contributed by atoms with E-state index in [2.05, 4.69) is 11.0 Å². The third-order valence-corrected chi connectivity index (χ3v) is 1.96. The Balaban J connectivity index is 1.81. The molecule has 0 aromatic rings. The maximum absolute atomic E-state index is 8.24. The van der Waals surface area contributed by atoms with Gasteiger partial charge in [0, 0.05) is 6.42 Å². The molecule has 1 saturated heterocycles. The second-order valence-corrected chi connectivity index (χ2v) is 2.81. The van der Waals surface area contributed by atoms with Crippen molar-refractivity contribution in [2.45, 2.75) is 25.7 Å². The van der Waals surface area contributed by atoms with E-state index >= 15 is 0 Å². The van der Waals surface area contributed by atoms with E-state index in [4.69, 9.17) is 5.26 Å². The molecule has 0 N–H and O–H groups in total. The molecule has 1 rings (SSSR count). The molecule has 1 fully saturated rings. The lowest BCUT2D eigenvalue weighted by Gasteiger charge is -2.30. The first-order valence-corrected chi connectivity index (χ1v) is 4.03. The molecule has 0 aromatic heterocycles. The van der Waals surface area contributed by atoms with Gasteiger partial charge in [0.15, 0.2) is 0 Å². The Hall–Kier alpha value is -0.550. The molecular weight excluding hydrogens is 124 g/mol. The Kier molecular flexibility index (Phi) is 3.25. The summed E-state index contributed by atoms with van der Waals surface area (Å²) in [6, 6.07) is 2.16. The van der Waals surface area contributed by atoms with Crippen LogP contribution in [0, 0.1) is 11.3 Å². The summed E-state index contributed by atoms with van der Waals surface area (Å²) in [4.78, 5) is 2.44. The van der Waals surface area contributed by atoms with Gasteiger partial charge in [-0.25, -0.2) is 0 Å². The normalized spacial score (nSPS) is 17.9. The Bertz CT molecular complexity index is 122. The molecule has 2 nitrogen and oxygen atoms in total. The zero-order chi connectivity index (χ0) is 7.23. The Morgan fingerprint density at radius 1 is 1.30 bits per heavy atom. The number of hydrogen-bond donors (Lipinski definition) is 0. The van der Waals surface area contributed by atoms with Crippen molar-refractivity contribution in [1.29, 1.82) is 5.26 Å². The quantitative estimate of drug-likeness (QED) is 0.549. The monoisotopic (exact) mass is 138 g/mol. The molecule has 2 heteroatoms. The molecule has 0 spiro atoms. The highest BCUT2D eigenvalue weighted by atomic mass is 15.2. The van der Waals surface area contributed by atoms with Gasteiger partial charge in [-0.1, -0.05) is 0 Å². The number of nitrogens with zero attached hydrogens (tertiary/aromatic N) is 2. The van der Waals surface area contributed by atoms with Crippen LogP contribution in [0.3, 0.4) is 0 Å². The average molecular weight is 138 g/mol. The van der Waals surface area contributed by atoms with E-state index in [1.54, 1.807) is 0 Å². The van der Waals surface area contributed by atoms with E-state index in [-0.39, 0.29) is 0 Å². The fourth-order valence-electron chi connectivity index (χ4n) is 1.14. The van der Waals surface area contributed by atoms with Gasteiger partial charge in [-0.2, -0.15) is 5.26 Å². The van der Waals surface area contributed by atoms with Crippen LogP contribution in [0.15, 0.2) is 0 Å². The number of rotatable bonds is 4. The molecule has 0 bridgehead atoms. The molecule has 0 atom stereocenters. The molecule has 0 aromatic carbocycles. The van der Waals surface area contributed by atoms with Crippen molar-refractivity contribution in [2.24, 2.45) is 0 Å². The summed E-state index contributed by atoms with van der Waals surface area (Å²) < 4.78 is 0. The fourth-order valence-corrected chi connectivity index (χ4v) is 1.14. The van der Waals surface area contributed by atoms with Crippen molar-refractivity contribution in [3.8, 4) is 6.07 Å². The predicted molar refractivity (Wildman–Crippen MR) is 40.5 cm³/mol. The number of hydrogen-bond acceptors (Lipinski definition) is 2. The number of likely N-dealkylation sites (tertiary alicyclic amines) is 1. The highest BCUT2D eigenvalue weighted by Gasteiger charge is 2.11. The minimum absolute atomic E-state index is 0.730. The highest BCUT2D eigenvalue weighted by Crippen LogP contribution is 2.07. The number of nitriles is 1. The smallest absolute Gasteiger partial charge is 0.0621 e. The van der Waals surface area contributed by atoms with Gasteiger partial charge in [0.05, 0.1) is 6.07 Å². The van der Waals surface area contributed by atoms with Gasteiger partial charge >= 0.3 is 0 Å². The zero-order valence-electron chi connectivity index (χ0n) is 6.34. The van der Waals surface area contributed by atoms with E-state index in [1.807, 2.05) is 0 Å². The van der Waals surface area contributed by atoms with Crippen LogP contribution >= 0.6 is 0 Å². The first-order valence-electron chi connectivity index (χ1n) is 4.03. The van der Waals surface area contributed by atoms with Gasteiger partial charge in [0.2, 0.25) is 0 Å². The van der Waals surface area contributed by atoms with Crippen LogP contribution < -0.4 is 0 Å². The summed E-state index contributed by atoms with van der Waals surface area (Å²) in [6.07, 6.45) is 4.38. The molecule has 0 radical (unpaired) electrons. The standard InChI is InChI=1S/C8H14N2/c9-5-2-1-3-6-10-7-4-8-10/h1-4,6-8H2. The van der Waals surface area contributed by atoms with Gasteiger partial charge in [-0.05, 0) is 38.9 Å². The predicted octanol–water partition coefficient (Wildman–Crippen LogP) is 1.39. The summed E-state index contributed by atoms with van der Waals surface area (Å²) >= 11 is 0. The van der Waals surface area contributed by atoms with Crippen LogP contribution in [-0.2, 0) is 0 Å². The van der Waals surface area contributed by atoms with E-state index < -0.39 is 0 Å². The Morgan fingerprint density at radius 3 is 2.60 bits per heavy atom. The molecule has 0 unspecified atom stereocenters. The van der Waals surface area contributed by atoms with Crippen LogP contribution in [0.1, 0.15) is 25.7 Å². The van der Waals surface area contributed by atoms with Gasteiger partial charge < -0.3 is 4.90 Å². The second-order valence-electron chi connectivity index (χ2n) is 2.81. The molecule has 10 heavy (non-hydrogen) atoms. The lowest BCUT2D eigenvalue weighted by Crippen LogP contribution is -2.37. The van der Waals surface area contributed by atoms with E-state index in [9.17, 15) is 0 Å². The molecule has 1 aliphatic rings. The largest absolute Gasteiger partial charge is 0.303 e. The molecular formula is C8H14N2. The highest BCUT2D eigenvalue weighted by molar-refractivity contribution is 4.71. The van der Waals surface area contributed by atoms with Crippen LogP contribution in [0.5, 0.6) is 0 Å². The van der Waals surface area contributed by atoms with Crippen LogP contribution in [0.4, 0.5) is 0 Å². The lowest BCUT2D eigenvalue weighted by atomic mass is 10.2. The summed E-state index contributed by atoms with van der Waals surface area (Å²) in [5.74, 6) is 0.